The molecule has 3 aromatic rings. The number of halogens is 2. The van der Waals surface area contributed by atoms with Gasteiger partial charge in [0, 0.05) is 33.6 Å². The Kier molecular flexibility index (Phi) is 6.77. The summed E-state index contributed by atoms with van der Waals surface area (Å²) in [6, 6.07) is 14.0. The molecule has 0 saturated carbocycles. The predicted octanol–water partition coefficient (Wildman–Crippen LogP) is 5.64. The molecule has 0 atom stereocenters. The number of aromatic nitrogens is 1. The molecule has 3 heterocycles. The van der Waals surface area contributed by atoms with Gasteiger partial charge < -0.3 is 9.47 Å². The molecule has 0 bridgehead atoms. The molecule has 0 saturated heterocycles. The van der Waals surface area contributed by atoms with Gasteiger partial charge in [0.15, 0.2) is 17.3 Å². The molecule has 5 rings (SSSR count). The molecule has 11 heteroatoms. The summed E-state index contributed by atoms with van der Waals surface area (Å²) in [5, 5.41) is 16.4. The lowest BCUT2D eigenvalue weighted by atomic mass is 10.1. The van der Waals surface area contributed by atoms with Gasteiger partial charge in [0.1, 0.15) is 11.7 Å². The molecule has 2 aliphatic rings. The number of hydrazone groups is 1. The maximum absolute atomic E-state index is 12.8. The lowest BCUT2D eigenvalue weighted by Gasteiger charge is -2.20. The average molecular weight is 538 g/mol. The Bertz CT molecular complexity index is 1470. The number of fused-ring (bicyclic) bond motifs is 1. The van der Waals surface area contributed by atoms with Gasteiger partial charge in [0.2, 0.25) is 5.17 Å². The Morgan fingerprint density at radius 2 is 2.00 bits per heavy atom. The lowest BCUT2D eigenvalue weighted by molar-refractivity contribution is -0.114. The topological polar surface area (TPSA) is 100 Å². The third-order valence-corrected chi connectivity index (χ3v) is 6.80. The summed E-state index contributed by atoms with van der Waals surface area (Å²) in [5.41, 5.74) is 2.31. The van der Waals surface area contributed by atoms with E-state index in [4.69, 9.17) is 38.1 Å². The van der Waals surface area contributed by atoms with Crippen LogP contribution in [0.4, 0.5) is 0 Å². The number of hydrogen-bond acceptors (Lipinski definition) is 7. The number of benzene rings is 2. The van der Waals surface area contributed by atoms with Crippen molar-refractivity contribution in [1.82, 2.24) is 9.99 Å². The van der Waals surface area contributed by atoms with E-state index in [1.54, 1.807) is 60.9 Å². The van der Waals surface area contributed by atoms with Crippen molar-refractivity contribution in [3.63, 3.8) is 0 Å². The van der Waals surface area contributed by atoms with Gasteiger partial charge in [0.05, 0.1) is 12.7 Å². The maximum Gasteiger partial charge on any atom is 0.283 e. The Morgan fingerprint density at radius 1 is 1.14 bits per heavy atom. The number of hydrogen-bond donors (Lipinski definition) is 1. The number of nitrogens with one attached hydrogen (secondary N) is 1. The first-order valence-electron chi connectivity index (χ1n) is 10.6. The van der Waals surface area contributed by atoms with Crippen LogP contribution in [-0.2, 0) is 11.4 Å². The van der Waals surface area contributed by atoms with Crippen LogP contribution in [-0.4, -0.2) is 39.1 Å². The van der Waals surface area contributed by atoms with Gasteiger partial charge in [-0.1, -0.05) is 35.3 Å². The highest BCUT2D eigenvalue weighted by molar-refractivity contribution is 8.27. The molecule has 2 aliphatic heterocycles. The first kappa shape index (κ1) is 24.1. The second-order valence-corrected chi connectivity index (χ2v) is 9.40. The molecule has 1 N–H and O–H groups in total. The van der Waals surface area contributed by atoms with Crippen LogP contribution in [0.5, 0.6) is 11.5 Å². The normalized spacial score (nSPS) is 16.1. The Balaban J connectivity index is 1.37. The molecule has 0 unspecified atom stereocenters. The second-order valence-electron chi connectivity index (χ2n) is 7.60. The number of ether oxygens (including phenoxy) is 2. The van der Waals surface area contributed by atoms with Crippen LogP contribution < -0.4 is 9.47 Å². The number of rotatable bonds is 6. The molecule has 36 heavy (non-hydrogen) atoms. The van der Waals surface area contributed by atoms with Gasteiger partial charge in [0.25, 0.3) is 5.91 Å². The highest BCUT2D eigenvalue weighted by Crippen LogP contribution is 2.33. The molecule has 0 spiro atoms. The fourth-order valence-corrected chi connectivity index (χ4v) is 4.80. The molecule has 180 valence electrons. The van der Waals surface area contributed by atoms with Crippen molar-refractivity contribution in [2.45, 2.75) is 6.61 Å². The molecule has 0 fully saturated rings. The average Bonchev–Trinajstić information content (AvgIpc) is 3.31. The molecule has 1 amide bonds. The van der Waals surface area contributed by atoms with E-state index in [2.05, 4.69) is 15.1 Å². The molecule has 2 aromatic carbocycles. The fraction of sp³-hybridized carbons (Fsp3) is 0.0800. The van der Waals surface area contributed by atoms with Crippen molar-refractivity contribution >= 4 is 63.0 Å². The lowest BCUT2D eigenvalue weighted by Crippen LogP contribution is -2.35. The maximum atomic E-state index is 12.8. The summed E-state index contributed by atoms with van der Waals surface area (Å²) in [4.78, 5) is 21.0. The van der Waals surface area contributed by atoms with Crippen molar-refractivity contribution in [3.8, 4) is 11.5 Å². The van der Waals surface area contributed by atoms with Gasteiger partial charge in [-0.15, -0.1) is 0 Å². The van der Waals surface area contributed by atoms with Crippen molar-refractivity contribution < 1.29 is 14.3 Å². The van der Waals surface area contributed by atoms with E-state index < -0.39 is 5.91 Å². The van der Waals surface area contributed by atoms with E-state index in [1.165, 1.54) is 23.9 Å². The van der Waals surface area contributed by atoms with Crippen LogP contribution in [0.3, 0.4) is 0 Å². The van der Waals surface area contributed by atoms with Crippen molar-refractivity contribution in [3.05, 3.63) is 93.2 Å². The zero-order chi connectivity index (χ0) is 25.2. The first-order chi connectivity index (χ1) is 17.4. The second kappa shape index (κ2) is 10.1. The van der Waals surface area contributed by atoms with E-state index >= 15 is 0 Å². The molecule has 0 aliphatic carbocycles. The largest absolute Gasteiger partial charge is 0.493 e. The van der Waals surface area contributed by atoms with Crippen molar-refractivity contribution in [1.29, 1.82) is 5.41 Å². The highest BCUT2D eigenvalue weighted by atomic mass is 35.5. The fourth-order valence-electron chi connectivity index (χ4n) is 3.45. The summed E-state index contributed by atoms with van der Waals surface area (Å²) in [6.45, 7) is 0.220. The monoisotopic (exact) mass is 537 g/mol. The zero-order valence-electron chi connectivity index (χ0n) is 18.7. The highest BCUT2D eigenvalue weighted by Gasteiger charge is 2.36. The standard InChI is InChI=1S/C25H17Cl2N5O3S/c1-34-21-10-14(4-7-20(21)35-13-16-5-6-17(26)11-19(16)27)9-18-22(28)32-25(30-23(18)33)36-24(31-32)15-3-2-8-29-12-15/h2-12,28H,13H2,1H3. The summed E-state index contributed by atoms with van der Waals surface area (Å²) >= 11 is 13.4. The Labute approximate surface area is 220 Å². The number of carbonyl (C=O) groups excluding carboxylic acids is 1. The van der Waals surface area contributed by atoms with Crippen LogP contribution in [0.15, 0.2) is 76.6 Å². The molecular formula is C25H17Cl2N5O3S. The summed E-state index contributed by atoms with van der Waals surface area (Å²) in [6.07, 6.45) is 4.91. The van der Waals surface area contributed by atoms with E-state index in [-0.39, 0.29) is 18.0 Å². The number of methoxy groups -OCH3 is 1. The number of amides is 1. The molecule has 8 nitrogen and oxygen atoms in total. The Hall–Kier alpha value is -3.66. The van der Waals surface area contributed by atoms with Crippen LogP contribution in [0.1, 0.15) is 16.7 Å². The molecule has 0 radical (unpaired) electrons. The van der Waals surface area contributed by atoms with Crippen LogP contribution in [0, 0.1) is 5.41 Å². The van der Waals surface area contributed by atoms with Crippen molar-refractivity contribution in [2.24, 2.45) is 10.1 Å². The van der Waals surface area contributed by atoms with E-state index in [0.29, 0.717) is 37.3 Å². The van der Waals surface area contributed by atoms with Gasteiger partial charge in [-0.2, -0.15) is 15.1 Å². The van der Waals surface area contributed by atoms with Gasteiger partial charge in [-0.25, -0.2) is 0 Å². The molecule has 1 aromatic heterocycles. The minimum Gasteiger partial charge on any atom is -0.493 e. The summed E-state index contributed by atoms with van der Waals surface area (Å²) in [7, 11) is 1.52. The number of amidine groups is 2. The third kappa shape index (κ3) is 4.86. The third-order valence-electron chi connectivity index (χ3n) is 5.26. The number of carbonyl (C=O) groups is 1. The quantitative estimate of drug-likeness (QED) is 0.408. The Morgan fingerprint density at radius 3 is 2.75 bits per heavy atom. The summed E-state index contributed by atoms with van der Waals surface area (Å²) in [5.74, 6) is 0.380. The molecular weight excluding hydrogens is 521 g/mol. The minimum atomic E-state index is -0.516. The van der Waals surface area contributed by atoms with E-state index in [1.807, 2.05) is 6.07 Å². The smallest absolute Gasteiger partial charge is 0.283 e. The first-order valence-corrected chi connectivity index (χ1v) is 12.2. The SMILES string of the molecule is COc1cc(C=C2C(=N)N3N=C(c4cccnc4)SC3=NC2=O)ccc1OCc1ccc(Cl)cc1Cl. The minimum absolute atomic E-state index is 0.0620. The number of pyridine rings is 1. The summed E-state index contributed by atoms with van der Waals surface area (Å²) < 4.78 is 11.4. The van der Waals surface area contributed by atoms with E-state index in [0.717, 1.165) is 11.1 Å². The van der Waals surface area contributed by atoms with Gasteiger partial charge >= 0.3 is 0 Å². The van der Waals surface area contributed by atoms with E-state index in [9.17, 15) is 4.79 Å². The predicted molar refractivity (Wildman–Crippen MR) is 142 cm³/mol. The number of thioether (sulfide) groups is 1. The van der Waals surface area contributed by atoms with Crippen molar-refractivity contribution in [2.75, 3.05) is 7.11 Å². The van der Waals surface area contributed by atoms with Gasteiger partial charge in [-0.05, 0) is 59.8 Å². The van der Waals surface area contributed by atoms with Gasteiger partial charge in [-0.3, -0.25) is 15.2 Å². The van der Waals surface area contributed by atoms with Crippen LogP contribution in [0.25, 0.3) is 6.08 Å². The number of nitrogens with zero attached hydrogens (tertiary/aromatic N) is 4. The van der Waals surface area contributed by atoms with Crippen LogP contribution in [0.2, 0.25) is 10.0 Å². The number of aliphatic imine (C=N–C) groups is 1. The zero-order valence-corrected chi connectivity index (χ0v) is 21.1. The van der Waals surface area contributed by atoms with Crippen LogP contribution >= 0.6 is 35.0 Å².